The van der Waals surface area contributed by atoms with Crippen LogP contribution in [0.1, 0.15) is 23.0 Å². The summed E-state index contributed by atoms with van der Waals surface area (Å²) in [5.41, 5.74) is -1.36. The first-order chi connectivity index (χ1) is 14.1. The molecule has 30 heavy (non-hydrogen) atoms. The fourth-order valence-corrected chi connectivity index (χ4v) is 2.56. The maximum Gasteiger partial charge on any atom is 0.453 e. The molecule has 0 fully saturated rings. The van der Waals surface area contributed by atoms with E-state index < -0.39 is 40.6 Å². The molecule has 10 heteroatoms. The summed E-state index contributed by atoms with van der Waals surface area (Å²) in [6.07, 6.45) is -5.05. The molecular weight excluding hydrogens is 409 g/mol. The Balaban J connectivity index is 2.10. The smallest absolute Gasteiger partial charge is 0.453 e. The summed E-state index contributed by atoms with van der Waals surface area (Å²) in [6, 6.07) is 8.35. The number of carbonyl (C=O) groups excluding carboxylic acids is 2. The van der Waals surface area contributed by atoms with E-state index in [0.29, 0.717) is 0 Å². The highest BCUT2D eigenvalue weighted by Gasteiger charge is 2.40. The highest BCUT2D eigenvalue weighted by atomic mass is 19.4. The zero-order valence-electron chi connectivity index (χ0n) is 15.5. The summed E-state index contributed by atoms with van der Waals surface area (Å²) in [7, 11) is 1.18. The highest BCUT2D eigenvalue weighted by Crippen LogP contribution is 2.38. The number of fused-ring (bicyclic) bond motifs is 1. The van der Waals surface area contributed by atoms with Crippen LogP contribution in [0.3, 0.4) is 0 Å². The predicted octanol–water partition coefficient (Wildman–Crippen LogP) is 4.32. The lowest BCUT2D eigenvalue weighted by atomic mass is 10.2. The van der Waals surface area contributed by atoms with Crippen LogP contribution >= 0.6 is 0 Å². The van der Waals surface area contributed by atoms with E-state index in [4.69, 9.17) is 13.9 Å². The summed E-state index contributed by atoms with van der Waals surface area (Å²) < 4.78 is 60.0. The minimum atomic E-state index is -5.05. The van der Waals surface area contributed by atoms with Crippen LogP contribution in [-0.2, 0) is 15.7 Å². The van der Waals surface area contributed by atoms with Gasteiger partial charge in [0.1, 0.15) is 17.1 Å². The van der Waals surface area contributed by atoms with Gasteiger partial charge in [-0.1, -0.05) is 0 Å². The molecule has 3 rings (SSSR count). The van der Waals surface area contributed by atoms with Gasteiger partial charge in [-0.15, -0.1) is 0 Å². The Morgan fingerprint density at radius 2 is 1.63 bits per heavy atom. The van der Waals surface area contributed by atoms with Gasteiger partial charge in [0.25, 0.3) is 5.76 Å². The standard InChI is InChI=1S/C20H13F3O7/c1-10(24)28-13-7-8-14-15(9-13)30-18(20(21,22)23)17(16(14)25)29-12-5-3-11(4-6-12)19(26)27-2/h3-9H,1-2H3. The Bertz CT molecular complexity index is 1180. The Morgan fingerprint density at radius 1 is 1.00 bits per heavy atom. The molecule has 0 aliphatic carbocycles. The van der Waals surface area contributed by atoms with Crippen molar-refractivity contribution < 1.29 is 41.4 Å². The van der Waals surface area contributed by atoms with E-state index in [1.165, 1.54) is 37.4 Å². The van der Waals surface area contributed by atoms with Crippen molar-refractivity contribution in [1.82, 2.24) is 0 Å². The second-order valence-electron chi connectivity index (χ2n) is 5.96. The first-order valence-electron chi connectivity index (χ1n) is 8.33. The molecule has 0 unspecified atom stereocenters. The summed E-state index contributed by atoms with van der Waals surface area (Å²) in [5, 5.41) is -0.208. The molecule has 0 saturated heterocycles. The van der Waals surface area contributed by atoms with Crippen LogP contribution in [-0.4, -0.2) is 19.0 Å². The van der Waals surface area contributed by atoms with E-state index in [1.807, 2.05) is 0 Å². The summed E-state index contributed by atoms with van der Waals surface area (Å²) in [4.78, 5) is 35.2. The molecule has 0 aliphatic heterocycles. The number of halogens is 3. The number of benzene rings is 2. The maximum absolute atomic E-state index is 13.5. The predicted molar refractivity (Wildman–Crippen MR) is 96.7 cm³/mol. The first-order valence-corrected chi connectivity index (χ1v) is 8.33. The molecule has 0 spiro atoms. The Kier molecular flexibility index (Phi) is 5.50. The van der Waals surface area contributed by atoms with E-state index in [9.17, 15) is 27.6 Å². The molecule has 7 nitrogen and oxygen atoms in total. The molecule has 0 amide bonds. The molecule has 1 aromatic heterocycles. The lowest BCUT2D eigenvalue weighted by Gasteiger charge is -2.13. The van der Waals surface area contributed by atoms with Gasteiger partial charge in [-0.05, 0) is 36.4 Å². The lowest BCUT2D eigenvalue weighted by molar-refractivity contribution is -0.154. The highest BCUT2D eigenvalue weighted by molar-refractivity contribution is 5.89. The molecule has 156 valence electrons. The van der Waals surface area contributed by atoms with Crippen molar-refractivity contribution >= 4 is 22.9 Å². The molecular formula is C20H13F3O7. The van der Waals surface area contributed by atoms with Crippen molar-refractivity contribution in [1.29, 1.82) is 0 Å². The van der Waals surface area contributed by atoms with Gasteiger partial charge in [0, 0.05) is 13.0 Å². The van der Waals surface area contributed by atoms with Gasteiger partial charge < -0.3 is 18.6 Å². The molecule has 0 atom stereocenters. The fourth-order valence-electron chi connectivity index (χ4n) is 2.56. The van der Waals surface area contributed by atoms with Gasteiger partial charge in [-0.2, -0.15) is 13.2 Å². The van der Waals surface area contributed by atoms with Crippen LogP contribution in [0.5, 0.6) is 17.2 Å². The summed E-state index contributed by atoms with van der Waals surface area (Å²) >= 11 is 0. The number of hydrogen-bond donors (Lipinski definition) is 0. The van der Waals surface area contributed by atoms with E-state index >= 15 is 0 Å². The molecule has 0 N–H and O–H groups in total. The molecule has 3 aromatic rings. The number of alkyl halides is 3. The molecule has 0 aliphatic rings. The number of methoxy groups -OCH3 is 1. The third-order valence-corrected chi connectivity index (χ3v) is 3.84. The Morgan fingerprint density at radius 3 is 2.20 bits per heavy atom. The minimum absolute atomic E-state index is 0.0849. The van der Waals surface area contributed by atoms with Crippen LogP contribution in [0.4, 0.5) is 13.2 Å². The zero-order chi connectivity index (χ0) is 22.1. The van der Waals surface area contributed by atoms with Gasteiger partial charge in [-0.3, -0.25) is 9.59 Å². The molecule has 2 aromatic carbocycles. The van der Waals surface area contributed by atoms with Gasteiger partial charge in [-0.25, -0.2) is 4.79 Å². The van der Waals surface area contributed by atoms with Gasteiger partial charge in [0.15, 0.2) is 0 Å². The monoisotopic (exact) mass is 422 g/mol. The molecule has 0 saturated carbocycles. The van der Waals surface area contributed by atoms with Gasteiger partial charge >= 0.3 is 18.1 Å². The Labute approximate surface area is 166 Å². The zero-order valence-corrected chi connectivity index (χ0v) is 15.5. The second kappa shape index (κ2) is 7.90. The van der Waals surface area contributed by atoms with Gasteiger partial charge in [0.2, 0.25) is 11.2 Å². The number of rotatable bonds is 4. The van der Waals surface area contributed by atoms with Crippen LogP contribution in [0.25, 0.3) is 11.0 Å². The second-order valence-corrected chi connectivity index (χ2v) is 5.96. The quantitative estimate of drug-likeness (QED) is 0.457. The summed E-state index contributed by atoms with van der Waals surface area (Å²) in [5.74, 6) is -4.28. The number of ether oxygens (including phenoxy) is 3. The average molecular weight is 422 g/mol. The van der Waals surface area contributed by atoms with Crippen LogP contribution in [0, 0.1) is 0 Å². The maximum atomic E-state index is 13.5. The number of esters is 2. The van der Waals surface area contributed by atoms with E-state index in [0.717, 1.165) is 19.1 Å². The van der Waals surface area contributed by atoms with Crippen molar-refractivity contribution in [2.24, 2.45) is 0 Å². The van der Waals surface area contributed by atoms with Crippen LogP contribution in [0.2, 0.25) is 0 Å². The number of hydrogen-bond acceptors (Lipinski definition) is 7. The molecule has 0 bridgehead atoms. The third kappa shape index (κ3) is 4.27. The average Bonchev–Trinajstić information content (AvgIpc) is 2.68. The molecule has 0 radical (unpaired) electrons. The largest absolute Gasteiger partial charge is 0.465 e. The van der Waals surface area contributed by atoms with E-state index in [2.05, 4.69) is 4.74 Å². The van der Waals surface area contributed by atoms with Crippen molar-refractivity contribution in [2.45, 2.75) is 13.1 Å². The van der Waals surface area contributed by atoms with Crippen molar-refractivity contribution in [3.63, 3.8) is 0 Å². The van der Waals surface area contributed by atoms with Crippen LogP contribution in [0.15, 0.2) is 51.7 Å². The van der Waals surface area contributed by atoms with Crippen molar-refractivity contribution in [3.05, 3.63) is 64.0 Å². The number of carbonyl (C=O) groups is 2. The SMILES string of the molecule is COC(=O)c1ccc(Oc2c(C(F)(F)F)oc3cc(OC(C)=O)ccc3c2=O)cc1. The topological polar surface area (TPSA) is 92.0 Å². The van der Waals surface area contributed by atoms with Crippen LogP contribution < -0.4 is 14.9 Å². The van der Waals surface area contributed by atoms with Crippen molar-refractivity contribution in [2.75, 3.05) is 7.11 Å². The van der Waals surface area contributed by atoms with Crippen molar-refractivity contribution in [3.8, 4) is 17.2 Å². The first kappa shape index (κ1) is 20.9. The Hall–Kier alpha value is -3.82. The minimum Gasteiger partial charge on any atom is -0.465 e. The lowest BCUT2D eigenvalue weighted by Crippen LogP contribution is -2.15. The molecule has 1 heterocycles. The third-order valence-electron chi connectivity index (χ3n) is 3.84. The summed E-state index contributed by atoms with van der Waals surface area (Å²) in [6.45, 7) is 1.12. The normalized spacial score (nSPS) is 11.2. The van der Waals surface area contributed by atoms with E-state index in [1.54, 1.807) is 0 Å². The van der Waals surface area contributed by atoms with E-state index in [-0.39, 0.29) is 22.4 Å². The fraction of sp³-hybridized carbons (Fsp3) is 0.150. The van der Waals surface area contributed by atoms with Gasteiger partial charge in [0.05, 0.1) is 18.1 Å².